The van der Waals surface area contributed by atoms with E-state index in [-0.39, 0.29) is 12.4 Å². The van der Waals surface area contributed by atoms with Gasteiger partial charge in [0.1, 0.15) is 5.78 Å². The van der Waals surface area contributed by atoms with Gasteiger partial charge in [0.25, 0.3) is 5.91 Å². The normalized spacial score (nSPS) is 9.79. The molecule has 0 heterocycles. The molecule has 1 N–H and O–H groups in total. The molecule has 5 heteroatoms. The minimum Gasteiger partial charge on any atom is -0.449 e. The number of rotatable bonds is 5. The summed E-state index contributed by atoms with van der Waals surface area (Å²) < 4.78 is 4.79. The number of carbonyl (C=O) groups is 3. The zero-order valence-corrected chi connectivity index (χ0v) is 11.1. The lowest BCUT2D eigenvalue weighted by molar-refractivity contribution is -0.117. The molecule has 1 aromatic rings. The number of aryl methyl sites for hydroxylation is 1. The van der Waals surface area contributed by atoms with Crippen LogP contribution in [-0.2, 0) is 9.53 Å². The predicted octanol–water partition coefficient (Wildman–Crippen LogP) is 2.23. The summed E-state index contributed by atoms with van der Waals surface area (Å²) in [5, 5.41) is 2.12. The topological polar surface area (TPSA) is 72.5 Å². The summed E-state index contributed by atoms with van der Waals surface area (Å²) in [6, 6.07) is 6.83. The smallest absolute Gasteiger partial charge is 0.414 e. The molecule has 0 radical (unpaired) electrons. The number of benzene rings is 1. The number of carbonyl (C=O) groups excluding carboxylic acids is 3. The van der Waals surface area contributed by atoms with Crippen molar-refractivity contribution in [1.29, 1.82) is 0 Å². The maximum atomic E-state index is 11.6. The van der Waals surface area contributed by atoms with Crippen LogP contribution in [0.25, 0.3) is 0 Å². The summed E-state index contributed by atoms with van der Waals surface area (Å²) in [6.07, 6.45) is 0.0230. The van der Waals surface area contributed by atoms with Crippen LogP contribution >= 0.6 is 0 Å². The van der Waals surface area contributed by atoms with Crippen molar-refractivity contribution in [2.75, 3.05) is 6.61 Å². The van der Waals surface area contributed by atoms with Crippen LogP contribution in [0.1, 0.15) is 35.7 Å². The third-order valence-corrected chi connectivity index (χ3v) is 2.44. The first-order chi connectivity index (χ1) is 8.99. The summed E-state index contributed by atoms with van der Waals surface area (Å²) in [5.41, 5.74) is 1.43. The number of amides is 2. The van der Waals surface area contributed by atoms with E-state index in [9.17, 15) is 14.4 Å². The highest BCUT2D eigenvalue weighted by Gasteiger charge is 2.10. The Morgan fingerprint density at radius 2 is 1.79 bits per heavy atom. The Morgan fingerprint density at radius 1 is 1.16 bits per heavy atom. The van der Waals surface area contributed by atoms with Gasteiger partial charge in [0, 0.05) is 12.0 Å². The Bertz CT molecular complexity index is 465. The molecule has 0 aromatic heterocycles. The van der Waals surface area contributed by atoms with E-state index in [1.807, 2.05) is 6.92 Å². The zero-order valence-electron chi connectivity index (χ0n) is 11.1. The number of ether oxygens (including phenoxy) is 1. The largest absolute Gasteiger partial charge is 0.449 e. The number of hydrogen-bond donors (Lipinski definition) is 1. The first-order valence-corrected chi connectivity index (χ1v) is 6.03. The standard InChI is InChI=1S/C14H17NO4/c1-10-5-7-12(8-6-10)13(17)15-14(18)19-9-3-4-11(2)16/h5-8H,3-4,9H2,1-2H3,(H,15,17,18). The van der Waals surface area contributed by atoms with Crippen molar-refractivity contribution in [3.63, 3.8) is 0 Å². The van der Waals surface area contributed by atoms with Gasteiger partial charge < -0.3 is 9.53 Å². The van der Waals surface area contributed by atoms with E-state index >= 15 is 0 Å². The Labute approximate surface area is 111 Å². The van der Waals surface area contributed by atoms with Gasteiger partial charge in [-0.05, 0) is 32.4 Å². The maximum absolute atomic E-state index is 11.6. The SMILES string of the molecule is CC(=O)CCCOC(=O)NC(=O)c1ccc(C)cc1. The molecular formula is C14H17NO4. The highest BCUT2D eigenvalue weighted by atomic mass is 16.5. The summed E-state index contributed by atoms with van der Waals surface area (Å²) in [4.78, 5) is 33.6. The van der Waals surface area contributed by atoms with Gasteiger partial charge in [-0.1, -0.05) is 17.7 Å². The number of nitrogens with one attached hydrogen (secondary N) is 1. The number of hydrogen-bond acceptors (Lipinski definition) is 4. The summed E-state index contributed by atoms with van der Waals surface area (Å²) >= 11 is 0. The second-order valence-electron chi connectivity index (χ2n) is 4.26. The fraction of sp³-hybridized carbons (Fsp3) is 0.357. The van der Waals surface area contributed by atoms with Crippen LogP contribution in [-0.4, -0.2) is 24.4 Å². The molecule has 0 bridgehead atoms. The molecule has 0 atom stereocenters. The van der Waals surface area contributed by atoms with Gasteiger partial charge in [-0.3, -0.25) is 10.1 Å². The van der Waals surface area contributed by atoms with Crippen LogP contribution in [0.15, 0.2) is 24.3 Å². The van der Waals surface area contributed by atoms with Crippen molar-refractivity contribution < 1.29 is 19.1 Å². The lowest BCUT2D eigenvalue weighted by atomic mass is 10.1. The monoisotopic (exact) mass is 263 g/mol. The summed E-state index contributed by atoms with van der Waals surface area (Å²) in [5.74, 6) is -0.462. The van der Waals surface area contributed by atoms with Crippen LogP contribution in [0, 0.1) is 6.92 Å². The first kappa shape index (κ1) is 14.9. The Hall–Kier alpha value is -2.17. The molecular weight excluding hydrogens is 246 g/mol. The van der Waals surface area contributed by atoms with Crippen molar-refractivity contribution in [2.45, 2.75) is 26.7 Å². The number of imide groups is 1. The molecule has 0 unspecified atom stereocenters. The van der Waals surface area contributed by atoms with Crippen LogP contribution in [0.4, 0.5) is 4.79 Å². The van der Waals surface area contributed by atoms with Crippen molar-refractivity contribution in [3.05, 3.63) is 35.4 Å². The third-order valence-electron chi connectivity index (χ3n) is 2.44. The molecule has 0 aliphatic heterocycles. The van der Waals surface area contributed by atoms with Crippen LogP contribution in [0.2, 0.25) is 0 Å². The van der Waals surface area contributed by atoms with E-state index in [1.165, 1.54) is 6.92 Å². The molecule has 0 saturated carbocycles. The molecule has 0 spiro atoms. The van der Waals surface area contributed by atoms with Crippen molar-refractivity contribution >= 4 is 17.8 Å². The molecule has 5 nitrogen and oxygen atoms in total. The highest BCUT2D eigenvalue weighted by Crippen LogP contribution is 2.03. The predicted molar refractivity (Wildman–Crippen MR) is 69.9 cm³/mol. The quantitative estimate of drug-likeness (QED) is 0.827. The van der Waals surface area contributed by atoms with E-state index < -0.39 is 12.0 Å². The summed E-state index contributed by atoms with van der Waals surface area (Å²) in [6.45, 7) is 3.50. The molecule has 2 amide bonds. The van der Waals surface area contributed by atoms with Gasteiger partial charge in [0.15, 0.2) is 0 Å². The third kappa shape index (κ3) is 5.81. The maximum Gasteiger partial charge on any atom is 0.414 e. The fourth-order valence-electron chi connectivity index (χ4n) is 1.39. The van der Waals surface area contributed by atoms with E-state index in [1.54, 1.807) is 24.3 Å². The molecule has 0 aliphatic rings. The molecule has 19 heavy (non-hydrogen) atoms. The zero-order chi connectivity index (χ0) is 14.3. The summed E-state index contributed by atoms with van der Waals surface area (Å²) in [7, 11) is 0. The lowest BCUT2D eigenvalue weighted by Gasteiger charge is -2.05. The molecule has 102 valence electrons. The molecule has 1 aromatic carbocycles. The van der Waals surface area contributed by atoms with Gasteiger partial charge in [-0.25, -0.2) is 4.79 Å². The number of ketones is 1. The van der Waals surface area contributed by atoms with E-state index in [2.05, 4.69) is 5.32 Å². The van der Waals surface area contributed by atoms with Crippen LogP contribution in [0.3, 0.4) is 0 Å². The van der Waals surface area contributed by atoms with E-state index in [0.29, 0.717) is 18.4 Å². The van der Waals surface area contributed by atoms with Gasteiger partial charge in [-0.15, -0.1) is 0 Å². The van der Waals surface area contributed by atoms with Gasteiger partial charge in [0.05, 0.1) is 6.61 Å². The Kier molecular flexibility index (Phi) is 5.73. The van der Waals surface area contributed by atoms with Crippen molar-refractivity contribution in [2.24, 2.45) is 0 Å². The average molecular weight is 263 g/mol. The second kappa shape index (κ2) is 7.31. The van der Waals surface area contributed by atoms with Crippen LogP contribution in [0.5, 0.6) is 0 Å². The average Bonchev–Trinajstić information content (AvgIpc) is 2.35. The molecule has 0 fully saturated rings. The van der Waals surface area contributed by atoms with Gasteiger partial charge in [0.2, 0.25) is 0 Å². The van der Waals surface area contributed by atoms with Gasteiger partial charge in [-0.2, -0.15) is 0 Å². The fourth-order valence-corrected chi connectivity index (χ4v) is 1.39. The minimum atomic E-state index is -0.797. The first-order valence-electron chi connectivity index (χ1n) is 6.03. The second-order valence-corrected chi connectivity index (χ2v) is 4.26. The Morgan fingerprint density at radius 3 is 2.37 bits per heavy atom. The minimum absolute atomic E-state index is 0.0414. The highest BCUT2D eigenvalue weighted by molar-refractivity contribution is 6.02. The lowest BCUT2D eigenvalue weighted by Crippen LogP contribution is -2.31. The molecule has 1 rings (SSSR count). The van der Waals surface area contributed by atoms with Gasteiger partial charge >= 0.3 is 6.09 Å². The molecule has 0 saturated heterocycles. The Balaban J connectivity index is 2.34. The van der Waals surface area contributed by atoms with E-state index in [4.69, 9.17) is 4.74 Å². The van der Waals surface area contributed by atoms with E-state index in [0.717, 1.165) is 5.56 Å². The number of Topliss-reactive ketones (excluding diaryl/α,β-unsaturated/α-hetero) is 1. The van der Waals surface area contributed by atoms with Crippen molar-refractivity contribution in [1.82, 2.24) is 5.32 Å². The van der Waals surface area contributed by atoms with Crippen molar-refractivity contribution in [3.8, 4) is 0 Å². The number of alkyl carbamates (subject to hydrolysis) is 1. The molecule has 0 aliphatic carbocycles. The van der Waals surface area contributed by atoms with Crippen LogP contribution < -0.4 is 5.32 Å².